The number of aromatic nitrogens is 2. The summed E-state index contributed by atoms with van der Waals surface area (Å²) in [7, 11) is 1.94. The highest BCUT2D eigenvalue weighted by molar-refractivity contribution is 6.06. The van der Waals surface area contributed by atoms with Gasteiger partial charge >= 0.3 is 0 Å². The van der Waals surface area contributed by atoms with Gasteiger partial charge in [-0.3, -0.25) is 4.79 Å². The number of nitrogens with zero attached hydrogens (tertiary/aromatic N) is 2. The van der Waals surface area contributed by atoms with Gasteiger partial charge in [-0.2, -0.15) is 0 Å². The van der Waals surface area contributed by atoms with Gasteiger partial charge in [0.1, 0.15) is 6.26 Å². The van der Waals surface area contributed by atoms with Crippen LogP contribution in [0.15, 0.2) is 71.5 Å². The van der Waals surface area contributed by atoms with Crippen LogP contribution in [0.1, 0.15) is 16.1 Å². The molecular formula is C21H19N3O2. The normalized spacial score (nSPS) is 11.0. The summed E-state index contributed by atoms with van der Waals surface area (Å²) in [6.07, 6.45) is 4.13. The molecule has 4 rings (SSSR count). The molecule has 0 saturated heterocycles. The molecule has 2 aromatic heterocycles. The number of nitrogens with one attached hydrogen (secondary N) is 1. The van der Waals surface area contributed by atoms with E-state index >= 15 is 0 Å². The van der Waals surface area contributed by atoms with Gasteiger partial charge in [0.25, 0.3) is 5.91 Å². The van der Waals surface area contributed by atoms with Gasteiger partial charge in [0.05, 0.1) is 11.3 Å². The number of carbonyl (C=O) groups is 1. The van der Waals surface area contributed by atoms with Crippen LogP contribution in [0, 0.1) is 0 Å². The van der Waals surface area contributed by atoms with E-state index in [-0.39, 0.29) is 5.91 Å². The summed E-state index contributed by atoms with van der Waals surface area (Å²) in [6.45, 7) is 0.503. The van der Waals surface area contributed by atoms with Crippen molar-refractivity contribution in [3.05, 3.63) is 78.3 Å². The van der Waals surface area contributed by atoms with Gasteiger partial charge in [-0.1, -0.05) is 36.4 Å². The maximum absolute atomic E-state index is 12.5. The number of benzene rings is 2. The average molecular weight is 345 g/mol. The molecule has 26 heavy (non-hydrogen) atoms. The Kier molecular flexibility index (Phi) is 4.27. The summed E-state index contributed by atoms with van der Waals surface area (Å²) in [6, 6.07) is 17.7. The summed E-state index contributed by atoms with van der Waals surface area (Å²) in [5.74, 6) is 0.523. The van der Waals surface area contributed by atoms with Gasteiger partial charge < -0.3 is 14.3 Å². The fourth-order valence-electron chi connectivity index (χ4n) is 3.06. The van der Waals surface area contributed by atoms with Crippen molar-refractivity contribution in [1.82, 2.24) is 14.9 Å². The lowest BCUT2D eigenvalue weighted by Crippen LogP contribution is -2.25. The lowest BCUT2D eigenvalue weighted by atomic mass is 10.1. The zero-order valence-electron chi connectivity index (χ0n) is 14.5. The Morgan fingerprint density at radius 3 is 2.73 bits per heavy atom. The van der Waals surface area contributed by atoms with Crippen LogP contribution in [0.3, 0.4) is 0 Å². The zero-order valence-corrected chi connectivity index (χ0v) is 14.5. The van der Waals surface area contributed by atoms with Crippen LogP contribution in [0.5, 0.6) is 0 Å². The number of aryl methyl sites for hydroxylation is 1. The average Bonchev–Trinajstić information content (AvgIpc) is 3.28. The van der Waals surface area contributed by atoms with Crippen LogP contribution in [-0.2, 0) is 13.5 Å². The highest BCUT2D eigenvalue weighted by atomic mass is 16.3. The number of carbonyl (C=O) groups excluding carboxylic acids is 1. The molecule has 0 aliphatic rings. The molecule has 1 N–H and O–H groups in total. The van der Waals surface area contributed by atoms with E-state index in [2.05, 4.69) is 10.3 Å². The van der Waals surface area contributed by atoms with Crippen LogP contribution in [0.25, 0.3) is 22.4 Å². The lowest BCUT2D eigenvalue weighted by Gasteiger charge is -2.02. The van der Waals surface area contributed by atoms with E-state index < -0.39 is 0 Å². The van der Waals surface area contributed by atoms with Crippen molar-refractivity contribution in [2.75, 3.05) is 6.54 Å². The van der Waals surface area contributed by atoms with Crippen molar-refractivity contribution in [3.63, 3.8) is 0 Å². The number of fused-ring (bicyclic) bond motifs is 1. The maximum Gasteiger partial charge on any atom is 0.253 e. The maximum atomic E-state index is 12.5. The van der Waals surface area contributed by atoms with Crippen molar-refractivity contribution in [3.8, 4) is 11.5 Å². The molecule has 1 amide bonds. The molecule has 0 fully saturated rings. The summed E-state index contributed by atoms with van der Waals surface area (Å²) in [5, 5.41) is 3.93. The molecule has 2 heterocycles. The van der Waals surface area contributed by atoms with Gasteiger partial charge in [-0.05, 0) is 18.2 Å². The first kappa shape index (κ1) is 16.1. The molecule has 5 heteroatoms. The number of hydrogen-bond donors (Lipinski definition) is 1. The summed E-state index contributed by atoms with van der Waals surface area (Å²) in [4.78, 5) is 17.0. The standard InChI is InChI=1S/C21H19N3O2/c1-24-13-18(17-9-5-6-10-19(17)24)20(25)22-12-11-16-14-26-21(23-16)15-7-3-2-4-8-15/h2-10,13-14H,11-12H2,1H3,(H,22,25). The Balaban J connectivity index is 1.40. The molecule has 0 aliphatic heterocycles. The first-order valence-corrected chi connectivity index (χ1v) is 8.54. The molecule has 0 unspecified atom stereocenters. The highest BCUT2D eigenvalue weighted by Gasteiger charge is 2.13. The topological polar surface area (TPSA) is 60.1 Å². The Morgan fingerprint density at radius 1 is 1.12 bits per heavy atom. The van der Waals surface area contributed by atoms with Crippen LogP contribution < -0.4 is 5.32 Å². The molecule has 2 aromatic carbocycles. The van der Waals surface area contributed by atoms with Crippen LogP contribution in [-0.4, -0.2) is 22.0 Å². The quantitative estimate of drug-likeness (QED) is 0.598. The van der Waals surface area contributed by atoms with Gasteiger partial charge in [-0.25, -0.2) is 4.98 Å². The molecule has 0 bridgehead atoms. The van der Waals surface area contributed by atoms with E-state index in [0.717, 1.165) is 22.2 Å². The second-order valence-corrected chi connectivity index (χ2v) is 6.19. The van der Waals surface area contributed by atoms with Crippen molar-refractivity contribution >= 4 is 16.8 Å². The third-order valence-corrected chi connectivity index (χ3v) is 4.38. The van der Waals surface area contributed by atoms with Crippen LogP contribution >= 0.6 is 0 Å². The molecule has 0 spiro atoms. The summed E-state index contributed by atoms with van der Waals surface area (Å²) >= 11 is 0. The molecule has 0 atom stereocenters. The molecular weight excluding hydrogens is 326 g/mol. The van der Waals surface area contributed by atoms with E-state index in [1.807, 2.05) is 72.4 Å². The van der Waals surface area contributed by atoms with E-state index in [1.165, 1.54) is 0 Å². The second kappa shape index (κ2) is 6.88. The van der Waals surface area contributed by atoms with E-state index in [0.29, 0.717) is 24.4 Å². The Morgan fingerprint density at radius 2 is 1.88 bits per heavy atom. The molecule has 130 valence electrons. The minimum Gasteiger partial charge on any atom is -0.444 e. The largest absolute Gasteiger partial charge is 0.444 e. The molecule has 0 saturated carbocycles. The van der Waals surface area contributed by atoms with E-state index in [4.69, 9.17) is 4.42 Å². The Hall–Kier alpha value is -3.34. The predicted molar refractivity (Wildman–Crippen MR) is 101 cm³/mol. The number of oxazole rings is 1. The fourth-order valence-corrected chi connectivity index (χ4v) is 3.06. The monoisotopic (exact) mass is 345 g/mol. The molecule has 5 nitrogen and oxygen atoms in total. The number of hydrogen-bond acceptors (Lipinski definition) is 3. The predicted octanol–water partition coefficient (Wildman–Crippen LogP) is 3.81. The van der Waals surface area contributed by atoms with Gasteiger partial charge in [0.15, 0.2) is 0 Å². The molecule has 4 aromatic rings. The van der Waals surface area contributed by atoms with Crippen LogP contribution in [0.4, 0.5) is 0 Å². The molecule has 0 radical (unpaired) electrons. The van der Waals surface area contributed by atoms with Crippen molar-refractivity contribution in [2.45, 2.75) is 6.42 Å². The fraction of sp³-hybridized carbons (Fsp3) is 0.143. The van der Waals surface area contributed by atoms with Crippen molar-refractivity contribution in [1.29, 1.82) is 0 Å². The number of para-hydroxylation sites is 1. The minimum absolute atomic E-state index is 0.0754. The summed E-state index contributed by atoms with van der Waals surface area (Å²) < 4.78 is 7.49. The van der Waals surface area contributed by atoms with Crippen LogP contribution in [0.2, 0.25) is 0 Å². The second-order valence-electron chi connectivity index (χ2n) is 6.19. The summed E-state index contributed by atoms with van der Waals surface area (Å²) in [5.41, 5.74) is 3.50. The molecule has 0 aliphatic carbocycles. The minimum atomic E-state index is -0.0754. The first-order valence-electron chi connectivity index (χ1n) is 8.54. The van der Waals surface area contributed by atoms with Crippen molar-refractivity contribution in [2.24, 2.45) is 7.05 Å². The zero-order chi connectivity index (χ0) is 17.9. The SMILES string of the molecule is Cn1cc(C(=O)NCCc2coc(-c3ccccc3)n2)c2ccccc21. The number of rotatable bonds is 5. The lowest BCUT2D eigenvalue weighted by molar-refractivity contribution is 0.0955. The van der Waals surface area contributed by atoms with Crippen molar-refractivity contribution < 1.29 is 9.21 Å². The van der Waals surface area contributed by atoms with Gasteiger partial charge in [-0.15, -0.1) is 0 Å². The van der Waals surface area contributed by atoms with E-state index in [9.17, 15) is 4.79 Å². The first-order chi connectivity index (χ1) is 12.7. The smallest absolute Gasteiger partial charge is 0.253 e. The highest BCUT2D eigenvalue weighted by Crippen LogP contribution is 2.20. The third-order valence-electron chi connectivity index (χ3n) is 4.38. The number of amides is 1. The van der Waals surface area contributed by atoms with Gasteiger partial charge in [0, 0.05) is 42.7 Å². The Bertz CT molecular complexity index is 1050. The van der Waals surface area contributed by atoms with Gasteiger partial charge in [0.2, 0.25) is 5.89 Å². The third kappa shape index (κ3) is 3.11. The van der Waals surface area contributed by atoms with E-state index in [1.54, 1.807) is 6.26 Å². The Labute approximate surface area is 151 Å².